The van der Waals surface area contributed by atoms with Gasteiger partial charge in [-0.1, -0.05) is 57.5 Å². The lowest BCUT2D eigenvalue weighted by atomic mass is 10.1. The van der Waals surface area contributed by atoms with Crippen LogP contribution < -0.4 is 11.2 Å². The maximum Gasteiger partial charge on any atom is 0.234 e. The van der Waals surface area contributed by atoms with Crippen LogP contribution in [0, 0.1) is 13.8 Å². The number of carbonyl (C=O) groups excluding carboxylic acids is 1. The monoisotopic (exact) mass is 431 g/mol. The summed E-state index contributed by atoms with van der Waals surface area (Å²) in [5.74, 6) is 6.71. The van der Waals surface area contributed by atoms with Crippen molar-refractivity contribution in [2.24, 2.45) is 0 Å². The molecule has 2 aromatic carbocycles. The molecular formula is C18H18BrN5OS. The molecule has 26 heavy (non-hydrogen) atoms. The summed E-state index contributed by atoms with van der Waals surface area (Å²) in [6, 6.07) is 13.5. The Labute approximate surface area is 164 Å². The van der Waals surface area contributed by atoms with E-state index >= 15 is 0 Å². The number of aromatic nitrogens is 3. The van der Waals surface area contributed by atoms with Gasteiger partial charge in [0, 0.05) is 15.7 Å². The number of nitrogen functional groups attached to an aromatic ring is 1. The number of anilines is 1. The summed E-state index contributed by atoms with van der Waals surface area (Å²) < 4.78 is 2.41. The molecule has 0 unspecified atom stereocenters. The molecule has 0 spiro atoms. The molecule has 0 radical (unpaired) electrons. The molecule has 1 amide bonds. The summed E-state index contributed by atoms with van der Waals surface area (Å²) in [5, 5.41) is 11.6. The number of nitrogens with zero attached hydrogens (tertiary/aromatic N) is 3. The van der Waals surface area contributed by atoms with Crippen LogP contribution in [-0.2, 0) is 4.79 Å². The second-order valence-electron chi connectivity index (χ2n) is 5.84. The van der Waals surface area contributed by atoms with Crippen molar-refractivity contribution in [3.63, 3.8) is 0 Å². The van der Waals surface area contributed by atoms with Gasteiger partial charge >= 0.3 is 0 Å². The van der Waals surface area contributed by atoms with Crippen LogP contribution in [0.25, 0.3) is 11.4 Å². The number of halogens is 1. The molecule has 0 fully saturated rings. The van der Waals surface area contributed by atoms with Crippen LogP contribution in [0.2, 0.25) is 0 Å². The number of thioether (sulfide) groups is 1. The van der Waals surface area contributed by atoms with Gasteiger partial charge in [-0.2, -0.15) is 0 Å². The van der Waals surface area contributed by atoms with Gasteiger partial charge in [0.15, 0.2) is 5.82 Å². The molecule has 6 nitrogen and oxygen atoms in total. The van der Waals surface area contributed by atoms with E-state index in [1.165, 1.54) is 16.4 Å². The molecule has 3 aromatic rings. The Morgan fingerprint density at radius 2 is 1.92 bits per heavy atom. The van der Waals surface area contributed by atoms with E-state index in [2.05, 4.69) is 31.4 Å². The Morgan fingerprint density at radius 3 is 2.62 bits per heavy atom. The van der Waals surface area contributed by atoms with E-state index in [0.29, 0.717) is 11.0 Å². The SMILES string of the molecule is Cc1ccc(-c2nnc(SCC(=O)Nc3ccc(Br)c(C)c3)n2N)cc1. The predicted octanol–water partition coefficient (Wildman–Crippen LogP) is 3.77. The van der Waals surface area contributed by atoms with Crippen molar-refractivity contribution in [2.45, 2.75) is 19.0 Å². The third kappa shape index (κ3) is 4.25. The molecular weight excluding hydrogens is 414 g/mol. The topological polar surface area (TPSA) is 85.8 Å². The zero-order chi connectivity index (χ0) is 18.7. The standard InChI is InChI=1S/C18H18BrN5OS/c1-11-3-5-13(6-4-11)17-22-23-18(24(17)20)26-10-16(25)21-14-7-8-15(19)12(2)9-14/h3-9H,10,20H2,1-2H3,(H,21,25). The number of nitrogens with one attached hydrogen (secondary N) is 1. The van der Waals surface area contributed by atoms with E-state index in [1.54, 1.807) is 0 Å². The fourth-order valence-electron chi connectivity index (χ4n) is 2.32. The normalized spacial score (nSPS) is 10.7. The van der Waals surface area contributed by atoms with Gasteiger partial charge in [0.2, 0.25) is 11.1 Å². The van der Waals surface area contributed by atoms with E-state index in [-0.39, 0.29) is 11.7 Å². The van der Waals surface area contributed by atoms with E-state index in [1.807, 2.05) is 56.3 Å². The molecule has 3 N–H and O–H groups in total. The first kappa shape index (κ1) is 18.5. The Bertz CT molecular complexity index is 939. The highest BCUT2D eigenvalue weighted by Crippen LogP contribution is 2.23. The average molecular weight is 432 g/mol. The summed E-state index contributed by atoms with van der Waals surface area (Å²) in [7, 11) is 0. The molecule has 1 heterocycles. The van der Waals surface area contributed by atoms with Crippen molar-refractivity contribution >= 4 is 39.3 Å². The molecule has 1 aromatic heterocycles. The van der Waals surface area contributed by atoms with Gasteiger partial charge < -0.3 is 11.2 Å². The number of aryl methyl sites for hydroxylation is 2. The van der Waals surface area contributed by atoms with Crippen LogP contribution in [0.4, 0.5) is 5.69 Å². The summed E-state index contributed by atoms with van der Waals surface area (Å²) in [4.78, 5) is 12.2. The van der Waals surface area contributed by atoms with E-state index < -0.39 is 0 Å². The maximum atomic E-state index is 12.2. The third-order valence-corrected chi connectivity index (χ3v) is 5.58. The van der Waals surface area contributed by atoms with Crippen molar-refractivity contribution in [1.29, 1.82) is 0 Å². The molecule has 134 valence electrons. The Morgan fingerprint density at radius 1 is 1.19 bits per heavy atom. The molecule has 3 rings (SSSR count). The molecule has 0 saturated heterocycles. The Kier molecular flexibility index (Phi) is 5.63. The minimum atomic E-state index is -0.128. The largest absolute Gasteiger partial charge is 0.335 e. The highest BCUT2D eigenvalue weighted by Gasteiger charge is 2.14. The van der Waals surface area contributed by atoms with Crippen LogP contribution in [0.3, 0.4) is 0 Å². The maximum absolute atomic E-state index is 12.2. The quantitative estimate of drug-likeness (QED) is 0.474. The second-order valence-corrected chi connectivity index (χ2v) is 7.64. The molecule has 0 saturated carbocycles. The van der Waals surface area contributed by atoms with E-state index in [9.17, 15) is 4.79 Å². The molecule has 8 heteroatoms. The van der Waals surface area contributed by atoms with Crippen LogP contribution in [0.15, 0.2) is 52.1 Å². The first-order chi connectivity index (χ1) is 12.4. The van der Waals surface area contributed by atoms with Crippen molar-refractivity contribution in [3.05, 3.63) is 58.1 Å². The Hall–Kier alpha value is -2.32. The molecule has 0 aliphatic rings. The number of hydrogen-bond donors (Lipinski definition) is 2. The van der Waals surface area contributed by atoms with Crippen LogP contribution in [-0.4, -0.2) is 26.5 Å². The summed E-state index contributed by atoms with van der Waals surface area (Å²) in [6.07, 6.45) is 0. The molecule has 0 aliphatic heterocycles. The van der Waals surface area contributed by atoms with Crippen molar-refractivity contribution in [1.82, 2.24) is 14.9 Å². The van der Waals surface area contributed by atoms with Crippen molar-refractivity contribution in [3.8, 4) is 11.4 Å². The lowest BCUT2D eigenvalue weighted by Crippen LogP contribution is -2.16. The first-order valence-electron chi connectivity index (χ1n) is 7.90. The highest BCUT2D eigenvalue weighted by atomic mass is 79.9. The number of nitrogens with two attached hydrogens (primary N) is 1. The molecule has 0 atom stereocenters. The van der Waals surface area contributed by atoms with Gasteiger partial charge in [0.25, 0.3) is 0 Å². The number of hydrogen-bond acceptors (Lipinski definition) is 5. The average Bonchev–Trinajstić information content (AvgIpc) is 2.98. The molecule has 0 aliphatic carbocycles. The lowest BCUT2D eigenvalue weighted by molar-refractivity contribution is -0.113. The van der Waals surface area contributed by atoms with Gasteiger partial charge in [0.05, 0.1) is 5.75 Å². The van der Waals surface area contributed by atoms with Crippen LogP contribution in [0.5, 0.6) is 0 Å². The van der Waals surface area contributed by atoms with Crippen molar-refractivity contribution in [2.75, 3.05) is 16.9 Å². The summed E-state index contributed by atoms with van der Waals surface area (Å²) in [6.45, 7) is 3.99. The zero-order valence-corrected chi connectivity index (χ0v) is 16.8. The lowest BCUT2D eigenvalue weighted by Gasteiger charge is -2.07. The number of benzene rings is 2. The van der Waals surface area contributed by atoms with E-state index in [0.717, 1.165) is 26.9 Å². The number of rotatable bonds is 5. The van der Waals surface area contributed by atoms with Gasteiger partial charge in [-0.15, -0.1) is 10.2 Å². The number of amides is 1. The molecule has 0 bridgehead atoms. The summed E-state index contributed by atoms with van der Waals surface area (Å²) in [5.41, 5.74) is 3.85. The van der Waals surface area contributed by atoms with Crippen LogP contribution in [0.1, 0.15) is 11.1 Å². The predicted molar refractivity (Wildman–Crippen MR) is 109 cm³/mol. The third-order valence-electron chi connectivity index (χ3n) is 3.75. The Balaban J connectivity index is 1.63. The van der Waals surface area contributed by atoms with Crippen LogP contribution >= 0.6 is 27.7 Å². The fraction of sp³-hybridized carbons (Fsp3) is 0.167. The van der Waals surface area contributed by atoms with E-state index in [4.69, 9.17) is 5.84 Å². The van der Waals surface area contributed by atoms with Crippen molar-refractivity contribution < 1.29 is 4.79 Å². The fourth-order valence-corrected chi connectivity index (χ4v) is 3.23. The highest BCUT2D eigenvalue weighted by molar-refractivity contribution is 9.10. The minimum Gasteiger partial charge on any atom is -0.335 e. The van der Waals surface area contributed by atoms with Gasteiger partial charge in [0.1, 0.15) is 0 Å². The minimum absolute atomic E-state index is 0.128. The van der Waals surface area contributed by atoms with Gasteiger partial charge in [-0.05, 0) is 37.6 Å². The summed E-state index contributed by atoms with van der Waals surface area (Å²) >= 11 is 4.69. The number of carbonyl (C=O) groups is 1. The second kappa shape index (κ2) is 7.92. The van der Waals surface area contributed by atoms with Gasteiger partial charge in [-0.3, -0.25) is 4.79 Å². The zero-order valence-electron chi connectivity index (χ0n) is 14.4. The van der Waals surface area contributed by atoms with Gasteiger partial charge in [-0.25, -0.2) is 4.68 Å². The first-order valence-corrected chi connectivity index (χ1v) is 9.68. The smallest absolute Gasteiger partial charge is 0.234 e.